The first-order valence-electron chi connectivity index (χ1n) is 21.9. The summed E-state index contributed by atoms with van der Waals surface area (Å²) >= 11 is 0. The average molecular weight is 837 g/mol. The number of phenolic OH excluding ortho intramolecular Hbond substituents is 4. The third-order valence-electron chi connectivity index (χ3n) is 10.8. The molecule has 0 aliphatic rings. The molecule has 4 rings (SSSR count). The fourth-order valence-electron chi connectivity index (χ4n) is 7.31. The van der Waals surface area contributed by atoms with E-state index >= 15 is 0 Å². The highest BCUT2D eigenvalue weighted by molar-refractivity contribution is 6.03. The topological polar surface area (TPSA) is 197 Å². The minimum Gasteiger partial charge on any atom is -0.507 e. The number of carbonyl (C=O) groups is 4. The summed E-state index contributed by atoms with van der Waals surface area (Å²) in [5.74, 6) is -3.87. The van der Waals surface area contributed by atoms with Gasteiger partial charge in [-0.05, 0) is 128 Å². The third kappa shape index (κ3) is 14.0. The molecule has 0 bridgehead atoms. The lowest BCUT2D eigenvalue weighted by molar-refractivity contribution is 0.0843. The molecular formula is C49H64N4O8. The zero-order valence-corrected chi connectivity index (χ0v) is 36.2. The number of hydrogen-bond acceptors (Lipinski definition) is 8. The summed E-state index contributed by atoms with van der Waals surface area (Å²) in [7, 11) is 0. The van der Waals surface area contributed by atoms with Gasteiger partial charge < -0.3 is 20.4 Å². The maximum Gasteiger partial charge on any atom is 0.273 e. The first-order chi connectivity index (χ1) is 29.4. The van der Waals surface area contributed by atoms with E-state index in [-0.39, 0.29) is 51.7 Å². The van der Waals surface area contributed by atoms with Crippen molar-refractivity contribution in [1.29, 1.82) is 0 Å². The number of aryl methyl sites for hydroxylation is 4. The Labute approximate surface area is 360 Å². The third-order valence-corrected chi connectivity index (χ3v) is 10.8. The zero-order valence-electron chi connectivity index (χ0n) is 36.2. The Morgan fingerprint density at radius 2 is 0.705 bits per heavy atom. The van der Waals surface area contributed by atoms with Crippen LogP contribution in [0.2, 0.25) is 0 Å². The molecule has 0 heterocycles. The lowest BCUT2D eigenvalue weighted by atomic mass is 9.96. The molecule has 0 atom stereocenters. The molecule has 328 valence electrons. The molecule has 61 heavy (non-hydrogen) atoms. The van der Waals surface area contributed by atoms with Crippen LogP contribution in [0.4, 0.5) is 0 Å². The van der Waals surface area contributed by atoms with Crippen LogP contribution in [-0.4, -0.2) is 44.1 Å². The van der Waals surface area contributed by atoms with Crippen molar-refractivity contribution in [2.24, 2.45) is 0 Å². The summed E-state index contributed by atoms with van der Waals surface area (Å²) in [5, 5.41) is 43.3. The van der Waals surface area contributed by atoms with Crippen molar-refractivity contribution < 1.29 is 39.6 Å². The monoisotopic (exact) mass is 836 g/mol. The summed E-state index contributed by atoms with van der Waals surface area (Å²) in [4.78, 5) is 53.2. The van der Waals surface area contributed by atoms with E-state index in [0.717, 1.165) is 101 Å². The molecule has 4 aromatic rings. The second-order valence-corrected chi connectivity index (χ2v) is 15.8. The summed E-state index contributed by atoms with van der Waals surface area (Å²) in [6.45, 7) is 8.42. The predicted octanol–water partition coefficient (Wildman–Crippen LogP) is 9.18. The maximum atomic E-state index is 13.3. The largest absolute Gasteiger partial charge is 0.507 e. The second kappa shape index (κ2) is 24.3. The normalized spacial score (nSPS) is 11.0. The zero-order chi connectivity index (χ0) is 44.3. The van der Waals surface area contributed by atoms with E-state index in [1.807, 2.05) is 12.1 Å². The highest BCUT2D eigenvalue weighted by atomic mass is 16.3. The predicted molar refractivity (Wildman–Crippen MR) is 238 cm³/mol. The van der Waals surface area contributed by atoms with Crippen LogP contribution >= 0.6 is 0 Å². The Balaban J connectivity index is 1.44. The molecule has 12 heteroatoms. The van der Waals surface area contributed by atoms with Gasteiger partial charge in [-0.25, -0.2) is 0 Å². The summed E-state index contributed by atoms with van der Waals surface area (Å²) in [6, 6.07) is 16.0. The second-order valence-electron chi connectivity index (χ2n) is 15.8. The van der Waals surface area contributed by atoms with E-state index in [0.29, 0.717) is 35.1 Å². The van der Waals surface area contributed by atoms with Crippen LogP contribution in [0.25, 0.3) is 0 Å². The van der Waals surface area contributed by atoms with Crippen LogP contribution in [0.3, 0.4) is 0 Å². The fraction of sp³-hybridized carbons (Fsp3) is 0.429. The maximum absolute atomic E-state index is 13.3. The van der Waals surface area contributed by atoms with Gasteiger partial charge in [0.25, 0.3) is 23.6 Å². The number of hydrogen-bond donors (Lipinski definition) is 8. The smallest absolute Gasteiger partial charge is 0.273 e. The van der Waals surface area contributed by atoms with Crippen LogP contribution in [0.1, 0.15) is 180 Å². The van der Waals surface area contributed by atoms with Crippen LogP contribution < -0.4 is 21.7 Å². The summed E-state index contributed by atoms with van der Waals surface area (Å²) in [6.07, 6.45) is 14.7. The van der Waals surface area contributed by atoms with Crippen molar-refractivity contribution >= 4 is 23.6 Å². The number of unbranched alkanes of at least 4 members (excludes halogenated alkanes) is 8. The molecule has 0 radical (unpaired) electrons. The van der Waals surface area contributed by atoms with Gasteiger partial charge in [0.05, 0.1) is 22.3 Å². The van der Waals surface area contributed by atoms with Crippen molar-refractivity contribution in [1.82, 2.24) is 21.7 Å². The van der Waals surface area contributed by atoms with E-state index in [4.69, 9.17) is 0 Å². The SMILES string of the molecule is CCCCCc1cc(CCCCC)c(O)c(C(=O)NNC(=O)c2cc(Cc3ccc(O)c(C(=O)NNC(=O)c4cc(CCCCC)cc(CCCCC)c4O)c3)ccc2O)c1. The lowest BCUT2D eigenvalue weighted by Gasteiger charge is -2.15. The van der Waals surface area contributed by atoms with E-state index in [1.165, 1.54) is 24.3 Å². The fourth-order valence-corrected chi connectivity index (χ4v) is 7.31. The van der Waals surface area contributed by atoms with Gasteiger partial charge >= 0.3 is 0 Å². The summed E-state index contributed by atoms with van der Waals surface area (Å²) < 4.78 is 0. The highest BCUT2D eigenvalue weighted by Gasteiger charge is 2.21. The van der Waals surface area contributed by atoms with Crippen molar-refractivity contribution in [3.05, 3.63) is 116 Å². The number of amides is 4. The first kappa shape index (κ1) is 47.6. The summed E-state index contributed by atoms with van der Waals surface area (Å²) in [5.41, 5.74) is 13.7. The standard InChI is InChI=1S/C49H64N4O8/c1-5-9-13-17-32-26-36(19-15-11-7-3)44(56)40(30-32)48(60)52-50-46(58)38-28-34(21-23-42(38)54)25-35-22-24-43(55)39(29-35)47(59)51-53-49(61)41-31-33(18-14-10-6-2)27-37(45(41)57)20-16-12-8-4/h21-24,26-31,54-57H,5-20,25H2,1-4H3,(H,50,58)(H,51,59)(H,52,60)(H,53,61). The Hall–Kier alpha value is -6.04. The molecule has 4 aromatic carbocycles. The Morgan fingerprint density at radius 1 is 0.393 bits per heavy atom. The van der Waals surface area contributed by atoms with Gasteiger partial charge in [-0.15, -0.1) is 0 Å². The molecule has 4 amide bonds. The van der Waals surface area contributed by atoms with Gasteiger partial charge in [-0.2, -0.15) is 0 Å². The van der Waals surface area contributed by atoms with Gasteiger partial charge in [0.2, 0.25) is 0 Å². The van der Waals surface area contributed by atoms with E-state index in [2.05, 4.69) is 49.4 Å². The van der Waals surface area contributed by atoms with Crippen molar-refractivity contribution in [3.8, 4) is 23.0 Å². The van der Waals surface area contributed by atoms with Gasteiger partial charge in [0.1, 0.15) is 23.0 Å². The van der Waals surface area contributed by atoms with E-state index < -0.39 is 23.6 Å². The first-order valence-corrected chi connectivity index (χ1v) is 21.9. The molecule has 12 nitrogen and oxygen atoms in total. The minimum absolute atomic E-state index is 0.0580. The number of rotatable bonds is 22. The Kier molecular flexibility index (Phi) is 19.0. The van der Waals surface area contributed by atoms with E-state index in [1.54, 1.807) is 24.3 Å². The minimum atomic E-state index is -0.790. The Morgan fingerprint density at radius 3 is 1.05 bits per heavy atom. The van der Waals surface area contributed by atoms with Crippen LogP contribution in [0.15, 0.2) is 60.7 Å². The van der Waals surface area contributed by atoms with Gasteiger partial charge in [-0.1, -0.05) is 103 Å². The molecule has 0 aliphatic heterocycles. The quantitative estimate of drug-likeness (QED) is 0.0283. The average Bonchev–Trinajstić information content (AvgIpc) is 3.25. The van der Waals surface area contributed by atoms with Crippen LogP contribution in [-0.2, 0) is 32.1 Å². The highest BCUT2D eigenvalue weighted by Crippen LogP contribution is 2.30. The van der Waals surface area contributed by atoms with Gasteiger partial charge in [0, 0.05) is 0 Å². The lowest BCUT2D eigenvalue weighted by Crippen LogP contribution is -2.41. The van der Waals surface area contributed by atoms with Crippen molar-refractivity contribution in [2.75, 3.05) is 0 Å². The molecule has 0 spiro atoms. The molecule has 0 aromatic heterocycles. The molecule has 0 fully saturated rings. The molecule has 0 saturated carbocycles. The number of hydrazine groups is 2. The molecule has 0 saturated heterocycles. The molecule has 8 N–H and O–H groups in total. The number of carbonyl (C=O) groups excluding carboxylic acids is 4. The van der Waals surface area contributed by atoms with Crippen molar-refractivity contribution in [2.45, 2.75) is 137 Å². The Bertz CT molecular complexity index is 1980. The number of benzene rings is 4. The van der Waals surface area contributed by atoms with Crippen molar-refractivity contribution in [3.63, 3.8) is 0 Å². The molecule has 0 unspecified atom stereocenters. The van der Waals surface area contributed by atoms with Gasteiger partial charge in [-0.3, -0.25) is 40.9 Å². The molecular weight excluding hydrogens is 773 g/mol. The number of aromatic hydroxyl groups is 4. The number of nitrogens with one attached hydrogen (secondary N) is 4. The van der Waals surface area contributed by atoms with Crippen LogP contribution in [0, 0.1) is 0 Å². The van der Waals surface area contributed by atoms with Crippen LogP contribution in [0.5, 0.6) is 23.0 Å². The number of phenols is 4. The van der Waals surface area contributed by atoms with E-state index in [9.17, 15) is 39.6 Å². The van der Waals surface area contributed by atoms with Gasteiger partial charge in [0.15, 0.2) is 0 Å². The molecule has 0 aliphatic carbocycles.